The van der Waals surface area contributed by atoms with Gasteiger partial charge in [-0.3, -0.25) is 0 Å². The summed E-state index contributed by atoms with van der Waals surface area (Å²) >= 11 is 2.85. The molecule has 0 bridgehead atoms. The molecule has 0 aliphatic heterocycles. The molecule has 0 aliphatic rings. The molecule has 4 nitrogen and oxygen atoms in total. The molecule has 16 heavy (non-hydrogen) atoms. The molecule has 1 rings (SSSR count). The van der Waals surface area contributed by atoms with Crippen molar-refractivity contribution in [3.63, 3.8) is 0 Å². The fourth-order valence-electron chi connectivity index (χ4n) is 1.08. The Hall–Kier alpha value is -1.55. The van der Waals surface area contributed by atoms with Gasteiger partial charge in [-0.1, -0.05) is 0 Å². The van der Waals surface area contributed by atoms with E-state index in [1.807, 2.05) is 0 Å². The van der Waals surface area contributed by atoms with E-state index in [0.29, 0.717) is 0 Å². The van der Waals surface area contributed by atoms with Crippen molar-refractivity contribution in [1.82, 2.24) is 4.98 Å². The topological polar surface area (TPSA) is 63.0 Å². The summed E-state index contributed by atoms with van der Waals surface area (Å²) < 4.78 is 29.6. The van der Waals surface area contributed by atoms with Crippen LogP contribution in [-0.2, 0) is 4.74 Å². The summed E-state index contributed by atoms with van der Waals surface area (Å²) in [4.78, 5) is 14.8. The molecule has 0 fully saturated rings. The Morgan fingerprint density at radius 1 is 1.69 bits per heavy atom. The maximum absolute atomic E-state index is 12.7. The monoisotopic (exact) mass is 290 g/mol. The Morgan fingerprint density at radius 2 is 2.31 bits per heavy atom. The van der Waals surface area contributed by atoms with E-state index in [2.05, 4.69) is 25.7 Å². The molecule has 0 radical (unpaired) electrons. The van der Waals surface area contributed by atoms with Crippen molar-refractivity contribution < 1.29 is 18.3 Å². The van der Waals surface area contributed by atoms with Gasteiger partial charge in [-0.2, -0.15) is 5.26 Å². The lowest BCUT2D eigenvalue weighted by Gasteiger charge is -2.08. The molecule has 0 atom stereocenters. The fraction of sp³-hybridized carbons (Fsp3) is 0.222. The molecule has 0 unspecified atom stereocenters. The van der Waals surface area contributed by atoms with Crippen LogP contribution in [0.25, 0.3) is 0 Å². The number of methoxy groups -OCH3 is 1. The van der Waals surface area contributed by atoms with Gasteiger partial charge in [0, 0.05) is 10.7 Å². The van der Waals surface area contributed by atoms with E-state index >= 15 is 0 Å². The van der Waals surface area contributed by atoms with Crippen LogP contribution in [0.4, 0.5) is 8.78 Å². The predicted molar refractivity (Wildman–Crippen MR) is 52.9 cm³/mol. The number of rotatable bonds is 2. The number of carbonyl (C=O) groups excluding carboxylic acids is 1. The van der Waals surface area contributed by atoms with Gasteiger partial charge in [0.25, 0.3) is 6.43 Å². The molecule has 0 amide bonds. The van der Waals surface area contributed by atoms with Gasteiger partial charge in [0.05, 0.1) is 18.2 Å². The van der Waals surface area contributed by atoms with Gasteiger partial charge in [-0.15, -0.1) is 0 Å². The standard InChI is InChI=1S/C9H5BrF2N2O2/c1-16-9(15)7-4(2-13)6(8(11)12)5(10)3-14-7/h3,8H,1H3. The maximum atomic E-state index is 12.7. The molecular weight excluding hydrogens is 286 g/mol. The summed E-state index contributed by atoms with van der Waals surface area (Å²) in [5, 5.41) is 8.77. The maximum Gasteiger partial charge on any atom is 0.358 e. The van der Waals surface area contributed by atoms with Gasteiger partial charge in [0.1, 0.15) is 6.07 Å². The minimum Gasteiger partial charge on any atom is -0.464 e. The number of hydrogen-bond donors (Lipinski definition) is 0. The molecule has 84 valence electrons. The lowest BCUT2D eigenvalue weighted by atomic mass is 10.1. The molecule has 0 aliphatic carbocycles. The third-order valence-electron chi connectivity index (χ3n) is 1.78. The number of aromatic nitrogens is 1. The average molecular weight is 291 g/mol. The first kappa shape index (κ1) is 12.5. The first-order valence-electron chi connectivity index (χ1n) is 3.97. The molecule has 0 N–H and O–H groups in total. The Labute approximate surface area is 98.0 Å². The Bertz CT molecular complexity index is 471. The number of nitriles is 1. The van der Waals surface area contributed by atoms with Crippen molar-refractivity contribution in [1.29, 1.82) is 5.26 Å². The molecule has 1 aromatic rings. The highest BCUT2D eigenvalue weighted by atomic mass is 79.9. The first-order valence-corrected chi connectivity index (χ1v) is 4.77. The van der Waals surface area contributed by atoms with Crippen molar-refractivity contribution >= 4 is 21.9 Å². The zero-order chi connectivity index (χ0) is 12.3. The zero-order valence-electron chi connectivity index (χ0n) is 8.00. The third-order valence-corrected chi connectivity index (χ3v) is 2.41. The van der Waals surface area contributed by atoms with Crippen molar-refractivity contribution in [2.45, 2.75) is 6.43 Å². The molecule has 1 aromatic heterocycles. The number of esters is 1. The highest BCUT2D eigenvalue weighted by Crippen LogP contribution is 2.31. The summed E-state index contributed by atoms with van der Waals surface area (Å²) in [7, 11) is 1.08. The summed E-state index contributed by atoms with van der Waals surface area (Å²) in [5.41, 5.74) is -1.45. The van der Waals surface area contributed by atoms with E-state index in [9.17, 15) is 13.6 Å². The van der Waals surface area contributed by atoms with E-state index < -0.39 is 29.2 Å². The van der Waals surface area contributed by atoms with Crippen LogP contribution in [0.2, 0.25) is 0 Å². The molecule has 0 aromatic carbocycles. The van der Waals surface area contributed by atoms with Crippen LogP contribution in [0.15, 0.2) is 10.7 Å². The van der Waals surface area contributed by atoms with Gasteiger partial charge < -0.3 is 4.74 Å². The summed E-state index contributed by atoms with van der Waals surface area (Å²) in [6.45, 7) is 0. The van der Waals surface area contributed by atoms with E-state index in [4.69, 9.17) is 5.26 Å². The summed E-state index contributed by atoms with van der Waals surface area (Å²) in [5.74, 6) is -0.925. The summed E-state index contributed by atoms with van der Waals surface area (Å²) in [6, 6.07) is 1.53. The molecule has 0 spiro atoms. The molecule has 7 heteroatoms. The minimum atomic E-state index is -2.88. The fourth-order valence-corrected chi connectivity index (χ4v) is 1.55. The molecule has 0 saturated heterocycles. The van der Waals surface area contributed by atoms with Crippen molar-refractivity contribution in [2.24, 2.45) is 0 Å². The van der Waals surface area contributed by atoms with Gasteiger partial charge in [0.2, 0.25) is 0 Å². The lowest BCUT2D eigenvalue weighted by molar-refractivity contribution is 0.0593. The van der Waals surface area contributed by atoms with Crippen molar-refractivity contribution in [2.75, 3.05) is 7.11 Å². The Kier molecular flexibility index (Phi) is 3.90. The number of nitrogens with zero attached hydrogens (tertiary/aromatic N) is 2. The van der Waals surface area contributed by atoms with Crippen LogP contribution in [0.3, 0.4) is 0 Å². The minimum absolute atomic E-state index is 0.0216. The van der Waals surface area contributed by atoms with Gasteiger partial charge in [0.15, 0.2) is 5.69 Å². The van der Waals surface area contributed by atoms with Crippen LogP contribution in [0, 0.1) is 11.3 Å². The normalized spacial score (nSPS) is 10.0. The average Bonchev–Trinajstić information content (AvgIpc) is 2.26. The van der Waals surface area contributed by atoms with Gasteiger partial charge >= 0.3 is 5.97 Å². The van der Waals surface area contributed by atoms with E-state index in [0.717, 1.165) is 13.3 Å². The van der Waals surface area contributed by atoms with Gasteiger partial charge in [-0.25, -0.2) is 18.6 Å². The van der Waals surface area contributed by atoms with Crippen LogP contribution < -0.4 is 0 Å². The first-order chi connectivity index (χ1) is 7.52. The number of ether oxygens (including phenoxy) is 1. The molecular formula is C9H5BrF2N2O2. The molecule has 1 heterocycles. The van der Waals surface area contributed by atoms with Crippen LogP contribution in [0.1, 0.15) is 28.0 Å². The van der Waals surface area contributed by atoms with Crippen LogP contribution >= 0.6 is 15.9 Å². The number of carbonyl (C=O) groups is 1. The SMILES string of the molecule is COC(=O)c1ncc(Br)c(C(F)F)c1C#N. The second-order valence-corrected chi connectivity index (χ2v) is 3.50. The Balaban J connectivity index is 3.51. The molecule has 0 saturated carbocycles. The largest absolute Gasteiger partial charge is 0.464 e. The van der Waals surface area contributed by atoms with E-state index in [1.54, 1.807) is 0 Å². The second-order valence-electron chi connectivity index (χ2n) is 2.65. The predicted octanol–water partition coefficient (Wildman–Crippen LogP) is 2.44. The van der Waals surface area contributed by atoms with Crippen molar-refractivity contribution in [3.8, 4) is 6.07 Å². The van der Waals surface area contributed by atoms with E-state index in [1.165, 1.54) is 6.07 Å². The highest BCUT2D eigenvalue weighted by molar-refractivity contribution is 9.10. The Morgan fingerprint density at radius 3 is 2.75 bits per heavy atom. The number of alkyl halides is 2. The number of pyridine rings is 1. The van der Waals surface area contributed by atoms with Crippen LogP contribution in [-0.4, -0.2) is 18.1 Å². The second kappa shape index (κ2) is 4.99. The zero-order valence-corrected chi connectivity index (χ0v) is 9.59. The highest BCUT2D eigenvalue weighted by Gasteiger charge is 2.24. The van der Waals surface area contributed by atoms with Crippen LogP contribution in [0.5, 0.6) is 0 Å². The smallest absolute Gasteiger partial charge is 0.358 e. The van der Waals surface area contributed by atoms with E-state index in [-0.39, 0.29) is 4.47 Å². The summed E-state index contributed by atoms with van der Waals surface area (Å²) in [6.07, 6.45) is -1.84. The van der Waals surface area contributed by atoms with Gasteiger partial charge in [-0.05, 0) is 15.9 Å². The quantitative estimate of drug-likeness (QED) is 0.785. The lowest BCUT2D eigenvalue weighted by Crippen LogP contribution is -2.10. The third kappa shape index (κ3) is 2.17. The van der Waals surface area contributed by atoms with Crippen molar-refractivity contribution in [3.05, 3.63) is 27.5 Å². The number of halogens is 3. The number of hydrogen-bond acceptors (Lipinski definition) is 4.